The molecule has 0 heterocycles. The fraction of sp³-hybridized carbons (Fsp3) is 0.611. The van der Waals surface area contributed by atoms with Crippen LogP contribution in [0.5, 0.6) is 5.75 Å². The Morgan fingerprint density at radius 3 is 2.61 bits per heavy atom. The van der Waals surface area contributed by atoms with E-state index in [1.807, 2.05) is 19.1 Å². The van der Waals surface area contributed by atoms with E-state index >= 15 is 0 Å². The normalized spacial score (nSPS) is 22.4. The molecule has 1 aromatic rings. The standard InChI is InChI=1S/C18H28N2O3/c1-13(11-14-7-9-16(21)10-8-14)19-18(23)20(2)12-15-5-3-4-6-17(15)22/h7-10,13,15,17,21-22H,3-6,11-12H2,1-2H3,(H,19,23). The van der Waals surface area contributed by atoms with E-state index < -0.39 is 0 Å². The molecule has 0 saturated heterocycles. The topological polar surface area (TPSA) is 72.8 Å². The Labute approximate surface area is 138 Å². The van der Waals surface area contributed by atoms with Gasteiger partial charge in [0.2, 0.25) is 0 Å². The minimum absolute atomic E-state index is 0.00534. The molecule has 3 atom stereocenters. The molecule has 0 spiro atoms. The van der Waals surface area contributed by atoms with Gasteiger partial charge in [0.25, 0.3) is 0 Å². The number of carbonyl (C=O) groups excluding carboxylic acids is 1. The van der Waals surface area contributed by atoms with Gasteiger partial charge >= 0.3 is 6.03 Å². The molecule has 1 fully saturated rings. The summed E-state index contributed by atoms with van der Waals surface area (Å²) < 4.78 is 0. The summed E-state index contributed by atoms with van der Waals surface area (Å²) in [5.41, 5.74) is 1.07. The molecule has 0 aromatic heterocycles. The van der Waals surface area contributed by atoms with Crippen LogP contribution >= 0.6 is 0 Å². The maximum Gasteiger partial charge on any atom is 0.317 e. The summed E-state index contributed by atoms with van der Waals surface area (Å²) in [5, 5.41) is 22.3. The summed E-state index contributed by atoms with van der Waals surface area (Å²) in [5.74, 6) is 0.433. The number of aliphatic hydroxyl groups excluding tert-OH is 1. The molecular weight excluding hydrogens is 292 g/mol. The van der Waals surface area contributed by atoms with Crippen LogP contribution < -0.4 is 5.32 Å². The van der Waals surface area contributed by atoms with Crippen molar-refractivity contribution in [3.8, 4) is 5.75 Å². The first kappa shape index (κ1) is 17.6. The fourth-order valence-electron chi connectivity index (χ4n) is 3.19. The Morgan fingerprint density at radius 1 is 1.30 bits per heavy atom. The van der Waals surface area contributed by atoms with Crippen LogP contribution in [0.4, 0.5) is 4.79 Å². The van der Waals surface area contributed by atoms with Crippen molar-refractivity contribution in [1.29, 1.82) is 0 Å². The van der Waals surface area contributed by atoms with Crippen LogP contribution in [0.3, 0.4) is 0 Å². The molecule has 128 valence electrons. The first-order valence-electron chi connectivity index (χ1n) is 8.43. The lowest BCUT2D eigenvalue weighted by Gasteiger charge is -2.31. The molecule has 1 saturated carbocycles. The smallest absolute Gasteiger partial charge is 0.317 e. The van der Waals surface area contributed by atoms with Crippen molar-refractivity contribution >= 4 is 6.03 Å². The van der Waals surface area contributed by atoms with Crippen LogP contribution in [0.25, 0.3) is 0 Å². The van der Waals surface area contributed by atoms with Crippen LogP contribution in [0.2, 0.25) is 0 Å². The van der Waals surface area contributed by atoms with Crippen molar-refractivity contribution in [1.82, 2.24) is 10.2 Å². The van der Waals surface area contributed by atoms with Crippen molar-refractivity contribution in [2.75, 3.05) is 13.6 Å². The number of aliphatic hydroxyl groups is 1. The van der Waals surface area contributed by atoms with Crippen LogP contribution in [-0.2, 0) is 6.42 Å². The molecule has 0 aliphatic heterocycles. The molecular formula is C18H28N2O3. The van der Waals surface area contributed by atoms with Crippen molar-refractivity contribution in [3.05, 3.63) is 29.8 Å². The highest BCUT2D eigenvalue weighted by Gasteiger charge is 2.25. The summed E-state index contributed by atoms with van der Waals surface area (Å²) in [6, 6.07) is 6.93. The number of carbonyl (C=O) groups is 1. The average Bonchev–Trinajstić information content (AvgIpc) is 2.51. The van der Waals surface area contributed by atoms with E-state index in [1.54, 1.807) is 24.1 Å². The molecule has 0 radical (unpaired) electrons. The van der Waals surface area contributed by atoms with Crippen molar-refractivity contribution in [3.63, 3.8) is 0 Å². The fourth-order valence-corrected chi connectivity index (χ4v) is 3.19. The summed E-state index contributed by atoms with van der Waals surface area (Å²) in [7, 11) is 1.78. The van der Waals surface area contributed by atoms with Crippen LogP contribution in [0.15, 0.2) is 24.3 Å². The van der Waals surface area contributed by atoms with Crippen molar-refractivity contribution in [2.45, 2.75) is 51.2 Å². The number of hydrogen-bond donors (Lipinski definition) is 3. The molecule has 3 unspecified atom stereocenters. The second kappa shape index (κ2) is 8.20. The largest absolute Gasteiger partial charge is 0.508 e. The van der Waals surface area contributed by atoms with E-state index in [-0.39, 0.29) is 29.8 Å². The van der Waals surface area contributed by atoms with Gasteiger partial charge in [0.1, 0.15) is 5.75 Å². The van der Waals surface area contributed by atoms with Gasteiger partial charge in [-0.05, 0) is 43.9 Å². The van der Waals surface area contributed by atoms with Crippen molar-refractivity contribution < 1.29 is 15.0 Å². The Balaban J connectivity index is 1.79. The van der Waals surface area contributed by atoms with Gasteiger partial charge < -0.3 is 20.4 Å². The van der Waals surface area contributed by atoms with Crippen LogP contribution in [0, 0.1) is 5.92 Å². The zero-order valence-electron chi connectivity index (χ0n) is 14.0. The van der Waals surface area contributed by atoms with Crippen molar-refractivity contribution in [2.24, 2.45) is 5.92 Å². The first-order valence-corrected chi connectivity index (χ1v) is 8.43. The van der Waals surface area contributed by atoms with E-state index in [0.717, 1.165) is 31.2 Å². The Bertz CT molecular complexity index is 503. The molecule has 1 aliphatic rings. The molecule has 2 rings (SSSR count). The van der Waals surface area contributed by atoms with E-state index in [1.165, 1.54) is 0 Å². The minimum atomic E-state index is -0.284. The van der Waals surface area contributed by atoms with Gasteiger partial charge in [-0.3, -0.25) is 0 Å². The maximum atomic E-state index is 12.3. The third-order valence-corrected chi connectivity index (χ3v) is 4.57. The second-order valence-electron chi connectivity index (χ2n) is 6.71. The van der Waals surface area contributed by atoms with E-state index in [2.05, 4.69) is 5.32 Å². The zero-order chi connectivity index (χ0) is 16.8. The molecule has 1 aromatic carbocycles. The number of benzene rings is 1. The molecule has 1 aliphatic carbocycles. The number of rotatable bonds is 5. The van der Waals surface area contributed by atoms with Crippen LogP contribution in [-0.4, -0.2) is 46.9 Å². The summed E-state index contributed by atoms with van der Waals surface area (Å²) >= 11 is 0. The lowest BCUT2D eigenvalue weighted by atomic mass is 9.86. The minimum Gasteiger partial charge on any atom is -0.508 e. The van der Waals surface area contributed by atoms with Gasteiger partial charge in [-0.1, -0.05) is 25.0 Å². The van der Waals surface area contributed by atoms with Gasteiger partial charge in [-0.15, -0.1) is 0 Å². The Morgan fingerprint density at radius 2 is 1.96 bits per heavy atom. The second-order valence-corrected chi connectivity index (χ2v) is 6.71. The monoisotopic (exact) mass is 320 g/mol. The predicted molar refractivity (Wildman–Crippen MR) is 90.4 cm³/mol. The first-order chi connectivity index (χ1) is 11.0. The number of phenols is 1. The summed E-state index contributed by atoms with van der Waals surface area (Å²) in [6.07, 6.45) is 4.48. The summed E-state index contributed by atoms with van der Waals surface area (Å²) in [4.78, 5) is 13.9. The van der Waals surface area contributed by atoms with Gasteiger partial charge in [-0.25, -0.2) is 4.79 Å². The highest BCUT2D eigenvalue weighted by atomic mass is 16.3. The molecule has 23 heavy (non-hydrogen) atoms. The van der Waals surface area contributed by atoms with E-state index in [4.69, 9.17) is 0 Å². The van der Waals surface area contributed by atoms with Gasteiger partial charge in [0.15, 0.2) is 0 Å². The molecule has 3 N–H and O–H groups in total. The van der Waals surface area contributed by atoms with Gasteiger partial charge in [0.05, 0.1) is 6.10 Å². The number of amides is 2. The third kappa shape index (κ3) is 5.43. The van der Waals surface area contributed by atoms with Crippen LogP contribution in [0.1, 0.15) is 38.2 Å². The highest BCUT2D eigenvalue weighted by Crippen LogP contribution is 2.24. The maximum absolute atomic E-state index is 12.3. The number of urea groups is 1. The summed E-state index contributed by atoms with van der Waals surface area (Å²) in [6.45, 7) is 2.56. The quantitative estimate of drug-likeness (QED) is 0.780. The van der Waals surface area contributed by atoms with E-state index in [0.29, 0.717) is 13.0 Å². The number of nitrogens with one attached hydrogen (secondary N) is 1. The zero-order valence-corrected chi connectivity index (χ0v) is 14.0. The SMILES string of the molecule is CC(Cc1ccc(O)cc1)NC(=O)N(C)CC1CCCCC1O. The average molecular weight is 320 g/mol. The van der Waals surface area contributed by atoms with Gasteiger partial charge in [-0.2, -0.15) is 0 Å². The Kier molecular flexibility index (Phi) is 6.28. The molecule has 5 nitrogen and oxygen atoms in total. The molecule has 0 bridgehead atoms. The number of aromatic hydroxyl groups is 1. The Hall–Kier alpha value is -1.75. The van der Waals surface area contributed by atoms with E-state index in [9.17, 15) is 15.0 Å². The number of hydrogen-bond acceptors (Lipinski definition) is 3. The molecule has 2 amide bonds. The third-order valence-electron chi connectivity index (χ3n) is 4.57. The van der Waals surface area contributed by atoms with Gasteiger partial charge in [0, 0.05) is 25.6 Å². The number of nitrogens with zero attached hydrogens (tertiary/aromatic N) is 1. The number of phenolic OH excluding ortho intramolecular Hbond substituents is 1. The highest BCUT2D eigenvalue weighted by molar-refractivity contribution is 5.74. The molecule has 5 heteroatoms. The lowest BCUT2D eigenvalue weighted by Crippen LogP contribution is -2.46. The lowest BCUT2D eigenvalue weighted by molar-refractivity contribution is 0.0563. The predicted octanol–water partition coefficient (Wildman–Crippen LogP) is 2.52.